The topological polar surface area (TPSA) is 63.3 Å². The van der Waals surface area contributed by atoms with Crippen LogP contribution >= 0.6 is 0 Å². The molecule has 0 spiro atoms. The molecular weight excluding hydrogens is 168 g/mol. The molecule has 0 aromatic rings. The number of rotatable bonds is 3. The third-order valence-electron chi connectivity index (χ3n) is 2.36. The molecule has 1 aliphatic rings. The van der Waals surface area contributed by atoms with Crippen LogP contribution in [0.1, 0.15) is 19.8 Å². The first kappa shape index (κ1) is 9.38. The predicted molar refractivity (Wildman–Crippen MR) is 37.9 cm³/mol. The summed E-state index contributed by atoms with van der Waals surface area (Å²) in [6.07, 6.45) is -0.406. The summed E-state index contributed by atoms with van der Waals surface area (Å²) in [7, 11) is 0. The second-order valence-corrected chi connectivity index (χ2v) is 3.59. The number of carboxylic acids is 1. The van der Waals surface area contributed by atoms with Gasteiger partial charge in [-0.1, -0.05) is 6.92 Å². The van der Waals surface area contributed by atoms with Gasteiger partial charge in [0.2, 0.25) is 0 Å². The van der Waals surface area contributed by atoms with Crippen LogP contribution in [0.5, 0.6) is 0 Å². The Morgan fingerprint density at radius 2 is 2.17 bits per heavy atom. The third kappa shape index (κ3) is 1.41. The van der Waals surface area contributed by atoms with Crippen molar-refractivity contribution in [2.24, 2.45) is 11.1 Å². The van der Waals surface area contributed by atoms with E-state index in [1.165, 1.54) is 6.92 Å². The number of carboxylic acid groups (broad SMARTS) is 1. The van der Waals surface area contributed by atoms with E-state index in [4.69, 9.17) is 10.8 Å². The summed E-state index contributed by atoms with van der Waals surface area (Å²) in [6.45, 7) is 1.36. The van der Waals surface area contributed by atoms with Crippen LogP contribution in [0.2, 0.25) is 0 Å². The molecule has 1 fully saturated rings. The van der Waals surface area contributed by atoms with Gasteiger partial charge in [0.05, 0.1) is 0 Å². The Labute approximate surface area is 68.5 Å². The van der Waals surface area contributed by atoms with Gasteiger partial charge in [-0.15, -0.1) is 0 Å². The van der Waals surface area contributed by atoms with Gasteiger partial charge in [0, 0.05) is 11.8 Å². The molecule has 5 heteroatoms. The average Bonchev–Trinajstić information content (AvgIpc) is 2.30. The lowest BCUT2D eigenvalue weighted by atomic mass is 9.99. The lowest BCUT2D eigenvalue weighted by Crippen LogP contribution is -2.33. The van der Waals surface area contributed by atoms with Crippen molar-refractivity contribution in [3.05, 3.63) is 0 Å². The standard InChI is InChI=1S/C7H11F2NO2/c1-6(3-7(6,8)9)2-4(10)5(11)12/h4H,2-3,10H2,1H3,(H,11,12). The molecule has 0 aliphatic heterocycles. The molecule has 70 valence electrons. The molecule has 2 unspecified atom stereocenters. The summed E-state index contributed by atoms with van der Waals surface area (Å²) in [5.74, 6) is -3.95. The van der Waals surface area contributed by atoms with Gasteiger partial charge in [0.1, 0.15) is 6.04 Å². The van der Waals surface area contributed by atoms with E-state index < -0.39 is 23.3 Å². The van der Waals surface area contributed by atoms with E-state index in [9.17, 15) is 13.6 Å². The molecule has 0 bridgehead atoms. The number of alkyl halides is 2. The first-order chi connectivity index (χ1) is 5.28. The summed E-state index contributed by atoms with van der Waals surface area (Å²) in [6, 6.07) is -1.18. The minimum atomic E-state index is -2.72. The summed E-state index contributed by atoms with van der Waals surface area (Å²) >= 11 is 0. The molecule has 2 atom stereocenters. The molecule has 0 amide bonds. The molecule has 1 saturated carbocycles. The zero-order chi connectivity index (χ0) is 9.57. The zero-order valence-electron chi connectivity index (χ0n) is 6.68. The first-order valence-corrected chi connectivity index (χ1v) is 3.65. The minimum Gasteiger partial charge on any atom is -0.480 e. The highest BCUT2D eigenvalue weighted by Crippen LogP contribution is 2.62. The van der Waals surface area contributed by atoms with Crippen LogP contribution in [0.3, 0.4) is 0 Å². The van der Waals surface area contributed by atoms with Crippen molar-refractivity contribution in [3.8, 4) is 0 Å². The largest absolute Gasteiger partial charge is 0.480 e. The Bertz CT molecular complexity index is 219. The number of hydrogen-bond acceptors (Lipinski definition) is 2. The van der Waals surface area contributed by atoms with Crippen LogP contribution < -0.4 is 5.73 Å². The van der Waals surface area contributed by atoms with E-state index in [1.807, 2.05) is 0 Å². The highest BCUT2D eigenvalue weighted by Gasteiger charge is 2.68. The van der Waals surface area contributed by atoms with Gasteiger partial charge in [0.25, 0.3) is 5.92 Å². The van der Waals surface area contributed by atoms with Crippen LogP contribution in [-0.2, 0) is 4.79 Å². The summed E-state index contributed by atoms with van der Waals surface area (Å²) < 4.78 is 25.1. The number of carbonyl (C=O) groups is 1. The highest BCUT2D eigenvalue weighted by atomic mass is 19.3. The fourth-order valence-electron chi connectivity index (χ4n) is 1.24. The van der Waals surface area contributed by atoms with Crippen LogP contribution in [0.4, 0.5) is 8.78 Å². The van der Waals surface area contributed by atoms with E-state index in [-0.39, 0.29) is 12.8 Å². The second kappa shape index (κ2) is 2.39. The fourth-order valence-corrected chi connectivity index (χ4v) is 1.24. The smallest absolute Gasteiger partial charge is 0.320 e. The molecule has 12 heavy (non-hydrogen) atoms. The molecule has 0 saturated heterocycles. The van der Waals surface area contributed by atoms with Crippen molar-refractivity contribution < 1.29 is 18.7 Å². The van der Waals surface area contributed by atoms with E-state index in [1.54, 1.807) is 0 Å². The molecule has 0 aromatic carbocycles. The fraction of sp³-hybridized carbons (Fsp3) is 0.857. The van der Waals surface area contributed by atoms with E-state index in [0.29, 0.717) is 0 Å². The van der Waals surface area contributed by atoms with Crippen LogP contribution in [0.25, 0.3) is 0 Å². The lowest BCUT2D eigenvalue weighted by Gasteiger charge is -2.12. The van der Waals surface area contributed by atoms with Crippen molar-refractivity contribution in [1.82, 2.24) is 0 Å². The highest BCUT2D eigenvalue weighted by molar-refractivity contribution is 5.73. The summed E-state index contributed by atoms with van der Waals surface area (Å²) in [4.78, 5) is 10.2. The van der Waals surface area contributed by atoms with Gasteiger partial charge in [-0.2, -0.15) is 0 Å². The number of aliphatic carboxylic acids is 1. The zero-order valence-corrected chi connectivity index (χ0v) is 6.68. The van der Waals surface area contributed by atoms with E-state index >= 15 is 0 Å². The van der Waals surface area contributed by atoms with Crippen molar-refractivity contribution in [2.75, 3.05) is 0 Å². The molecule has 1 rings (SSSR count). The molecule has 3 nitrogen and oxygen atoms in total. The molecule has 3 N–H and O–H groups in total. The Morgan fingerprint density at radius 1 is 1.75 bits per heavy atom. The van der Waals surface area contributed by atoms with Gasteiger partial charge in [-0.05, 0) is 6.42 Å². The van der Waals surface area contributed by atoms with Crippen LogP contribution in [0.15, 0.2) is 0 Å². The summed E-state index contributed by atoms with van der Waals surface area (Å²) in [5, 5.41) is 8.37. The first-order valence-electron chi connectivity index (χ1n) is 3.65. The Hall–Kier alpha value is -0.710. The number of halogens is 2. The van der Waals surface area contributed by atoms with Gasteiger partial charge in [0.15, 0.2) is 0 Å². The normalized spacial score (nSPS) is 34.3. The minimum absolute atomic E-state index is 0.157. The SMILES string of the molecule is CC1(CC(N)C(=O)O)CC1(F)F. The maximum absolute atomic E-state index is 12.6. The van der Waals surface area contributed by atoms with Gasteiger partial charge in [-0.3, -0.25) is 4.79 Å². The van der Waals surface area contributed by atoms with Crippen LogP contribution in [0, 0.1) is 5.41 Å². The molecular formula is C7H11F2NO2. The lowest BCUT2D eigenvalue weighted by molar-refractivity contribution is -0.139. The van der Waals surface area contributed by atoms with Crippen molar-refractivity contribution in [2.45, 2.75) is 31.7 Å². The maximum atomic E-state index is 12.6. The molecule has 0 aromatic heterocycles. The van der Waals surface area contributed by atoms with Gasteiger partial charge in [-0.25, -0.2) is 8.78 Å². The quantitative estimate of drug-likeness (QED) is 0.674. The predicted octanol–water partition coefficient (Wildman–Crippen LogP) is 0.834. The third-order valence-corrected chi connectivity index (χ3v) is 2.36. The number of hydrogen-bond donors (Lipinski definition) is 2. The van der Waals surface area contributed by atoms with E-state index in [0.717, 1.165) is 0 Å². The maximum Gasteiger partial charge on any atom is 0.320 e. The van der Waals surface area contributed by atoms with E-state index in [2.05, 4.69) is 0 Å². The summed E-state index contributed by atoms with van der Waals surface area (Å²) in [5.41, 5.74) is 3.94. The molecule has 0 heterocycles. The van der Waals surface area contributed by atoms with Crippen LogP contribution in [-0.4, -0.2) is 23.0 Å². The van der Waals surface area contributed by atoms with Gasteiger partial charge >= 0.3 is 5.97 Å². The molecule has 0 radical (unpaired) electrons. The Balaban J connectivity index is 2.49. The Morgan fingerprint density at radius 3 is 2.42 bits per heavy atom. The van der Waals surface area contributed by atoms with Gasteiger partial charge < -0.3 is 10.8 Å². The van der Waals surface area contributed by atoms with Crippen molar-refractivity contribution in [1.29, 1.82) is 0 Å². The average molecular weight is 179 g/mol. The Kier molecular flexibility index (Phi) is 1.87. The monoisotopic (exact) mass is 179 g/mol. The second-order valence-electron chi connectivity index (χ2n) is 3.59. The van der Waals surface area contributed by atoms with Crippen molar-refractivity contribution in [3.63, 3.8) is 0 Å². The number of nitrogens with two attached hydrogens (primary N) is 1. The van der Waals surface area contributed by atoms with Crippen molar-refractivity contribution >= 4 is 5.97 Å². The molecule has 1 aliphatic carbocycles.